The minimum atomic E-state index is -0.488. The quantitative estimate of drug-likeness (QED) is 0.682. The molecule has 2 rings (SSSR count). The lowest BCUT2D eigenvalue weighted by Gasteiger charge is -2.38. The van der Waals surface area contributed by atoms with Gasteiger partial charge in [-0.1, -0.05) is 0 Å². The maximum Gasteiger partial charge on any atom is 0.132 e. The number of hydrogen-bond acceptors (Lipinski definition) is 2. The van der Waals surface area contributed by atoms with Gasteiger partial charge in [-0.2, -0.15) is 0 Å². The van der Waals surface area contributed by atoms with Crippen molar-refractivity contribution >= 4 is 0 Å². The van der Waals surface area contributed by atoms with Gasteiger partial charge in [-0.05, 0) is 25.3 Å². The molecule has 1 aliphatic rings. The Bertz CT molecular complexity index is 294. The number of halogens is 1. The van der Waals surface area contributed by atoms with Crippen LogP contribution in [0.3, 0.4) is 0 Å². The molecule has 2 nitrogen and oxygen atoms in total. The Hall–Kier alpha value is -0.960. The first-order valence-electron chi connectivity index (χ1n) is 4.04. The third kappa shape index (κ3) is 1.01. The molecule has 0 amide bonds. The fourth-order valence-electron chi connectivity index (χ4n) is 1.50. The van der Waals surface area contributed by atoms with E-state index in [0.29, 0.717) is 5.56 Å². The fraction of sp³-hybridized carbons (Fsp3) is 0.444. The van der Waals surface area contributed by atoms with E-state index in [2.05, 4.69) is 11.2 Å². The molecule has 0 saturated heterocycles. The van der Waals surface area contributed by atoms with Crippen molar-refractivity contribution in [2.45, 2.75) is 24.8 Å². The Morgan fingerprint density at radius 3 is 2.83 bits per heavy atom. The number of rotatable bonds is 1. The third-order valence-electron chi connectivity index (χ3n) is 2.45. The Morgan fingerprint density at radius 1 is 1.58 bits per heavy atom. The van der Waals surface area contributed by atoms with Crippen molar-refractivity contribution < 1.29 is 4.39 Å². The second-order valence-electron chi connectivity index (χ2n) is 3.29. The van der Waals surface area contributed by atoms with Crippen LogP contribution in [0, 0.1) is 12.0 Å². The summed E-state index contributed by atoms with van der Waals surface area (Å²) in [7, 11) is 0. The topological polar surface area (TPSA) is 38.9 Å². The van der Waals surface area contributed by atoms with E-state index in [9.17, 15) is 4.39 Å². The molecule has 1 fully saturated rings. The van der Waals surface area contributed by atoms with Gasteiger partial charge in [-0.15, -0.1) is 0 Å². The highest BCUT2D eigenvalue weighted by atomic mass is 19.1. The number of pyridine rings is 1. The summed E-state index contributed by atoms with van der Waals surface area (Å²) in [6.45, 7) is 0. The minimum absolute atomic E-state index is 0.285. The van der Waals surface area contributed by atoms with Crippen LogP contribution in [-0.4, -0.2) is 4.98 Å². The molecule has 0 spiro atoms. The van der Waals surface area contributed by atoms with E-state index in [4.69, 9.17) is 5.73 Å². The van der Waals surface area contributed by atoms with E-state index in [0.717, 1.165) is 19.3 Å². The van der Waals surface area contributed by atoms with E-state index in [1.54, 1.807) is 0 Å². The molecular weight excluding hydrogens is 155 g/mol. The number of nitrogens with zero attached hydrogens (tertiary/aromatic N) is 1. The van der Waals surface area contributed by atoms with Crippen LogP contribution in [0.15, 0.2) is 12.3 Å². The van der Waals surface area contributed by atoms with Gasteiger partial charge in [0.05, 0.1) is 6.20 Å². The van der Waals surface area contributed by atoms with Gasteiger partial charge in [0, 0.05) is 17.3 Å². The first-order chi connectivity index (χ1) is 5.72. The largest absolute Gasteiger partial charge is 0.321 e. The maximum absolute atomic E-state index is 13.2. The van der Waals surface area contributed by atoms with Gasteiger partial charge >= 0.3 is 0 Å². The van der Waals surface area contributed by atoms with E-state index in [-0.39, 0.29) is 5.82 Å². The highest BCUT2D eigenvalue weighted by molar-refractivity contribution is 5.23. The molecule has 3 heteroatoms. The van der Waals surface area contributed by atoms with Gasteiger partial charge < -0.3 is 5.73 Å². The first kappa shape index (κ1) is 7.68. The van der Waals surface area contributed by atoms with Crippen LogP contribution in [0.5, 0.6) is 0 Å². The van der Waals surface area contributed by atoms with Crippen LogP contribution in [-0.2, 0) is 5.54 Å². The van der Waals surface area contributed by atoms with Crippen LogP contribution >= 0.6 is 0 Å². The molecule has 2 N–H and O–H groups in total. The lowest BCUT2D eigenvalue weighted by Crippen LogP contribution is -2.44. The summed E-state index contributed by atoms with van der Waals surface area (Å²) in [5.74, 6) is -0.285. The Morgan fingerprint density at radius 2 is 2.33 bits per heavy atom. The van der Waals surface area contributed by atoms with Gasteiger partial charge in [0.2, 0.25) is 0 Å². The van der Waals surface area contributed by atoms with E-state index in [1.165, 1.54) is 12.3 Å². The molecule has 1 aliphatic carbocycles. The van der Waals surface area contributed by atoms with Crippen molar-refractivity contribution in [1.29, 1.82) is 0 Å². The average molecular weight is 165 g/mol. The van der Waals surface area contributed by atoms with Crippen molar-refractivity contribution in [1.82, 2.24) is 4.98 Å². The zero-order valence-corrected chi connectivity index (χ0v) is 6.68. The average Bonchev–Trinajstić information content (AvgIpc) is 2.01. The molecule has 0 bridgehead atoms. The summed E-state index contributed by atoms with van der Waals surface area (Å²) in [4.78, 5) is 3.75. The van der Waals surface area contributed by atoms with Crippen LogP contribution in [0.25, 0.3) is 0 Å². The van der Waals surface area contributed by atoms with E-state index >= 15 is 0 Å². The minimum Gasteiger partial charge on any atom is -0.321 e. The molecule has 0 atom stereocenters. The molecule has 12 heavy (non-hydrogen) atoms. The van der Waals surface area contributed by atoms with Gasteiger partial charge in [0.25, 0.3) is 0 Å². The van der Waals surface area contributed by atoms with Crippen molar-refractivity contribution in [3.63, 3.8) is 0 Å². The number of hydrogen-bond donors (Lipinski definition) is 1. The molecular formula is C9H10FN2. The molecule has 1 heterocycles. The molecule has 0 unspecified atom stereocenters. The molecule has 1 aromatic heterocycles. The predicted molar refractivity (Wildman–Crippen MR) is 42.7 cm³/mol. The van der Waals surface area contributed by atoms with Crippen molar-refractivity contribution in [3.8, 4) is 0 Å². The third-order valence-corrected chi connectivity index (χ3v) is 2.45. The fourth-order valence-corrected chi connectivity index (χ4v) is 1.50. The highest BCUT2D eigenvalue weighted by Gasteiger charge is 2.36. The van der Waals surface area contributed by atoms with E-state index < -0.39 is 5.54 Å². The maximum atomic E-state index is 13.2. The molecule has 1 aromatic rings. The van der Waals surface area contributed by atoms with Crippen molar-refractivity contribution in [2.24, 2.45) is 5.73 Å². The Labute approximate surface area is 70.6 Å². The van der Waals surface area contributed by atoms with Crippen LogP contribution in [0.2, 0.25) is 0 Å². The smallest absolute Gasteiger partial charge is 0.132 e. The van der Waals surface area contributed by atoms with Gasteiger partial charge in [-0.25, -0.2) is 4.39 Å². The lowest BCUT2D eigenvalue weighted by atomic mass is 9.73. The van der Waals surface area contributed by atoms with Gasteiger partial charge in [-0.3, -0.25) is 4.98 Å². The normalized spacial score (nSPS) is 20.2. The summed E-state index contributed by atoms with van der Waals surface area (Å²) >= 11 is 0. The summed E-state index contributed by atoms with van der Waals surface area (Å²) in [5.41, 5.74) is 5.87. The molecule has 0 aromatic carbocycles. The lowest BCUT2D eigenvalue weighted by molar-refractivity contribution is 0.244. The van der Waals surface area contributed by atoms with Crippen molar-refractivity contribution in [2.75, 3.05) is 0 Å². The number of aromatic nitrogens is 1. The van der Waals surface area contributed by atoms with Crippen LogP contribution in [0.1, 0.15) is 24.8 Å². The first-order valence-corrected chi connectivity index (χ1v) is 4.04. The molecule has 63 valence electrons. The van der Waals surface area contributed by atoms with Gasteiger partial charge in [0.1, 0.15) is 5.82 Å². The summed E-state index contributed by atoms with van der Waals surface area (Å²) < 4.78 is 13.2. The Balaban J connectivity index is 2.39. The van der Waals surface area contributed by atoms with Crippen LogP contribution in [0.4, 0.5) is 4.39 Å². The molecule has 1 saturated carbocycles. The predicted octanol–water partition coefficient (Wildman–Crippen LogP) is 1.36. The Kier molecular flexibility index (Phi) is 1.61. The number of nitrogens with two attached hydrogens (primary N) is 1. The zero-order chi connectivity index (χ0) is 8.60. The van der Waals surface area contributed by atoms with Gasteiger partial charge in [0.15, 0.2) is 0 Å². The second-order valence-corrected chi connectivity index (χ2v) is 3.29. The molecule has 1 radical (unpaired) electrons. The summed E-state index contributed by atoms with van der Waals surface area (Å²) in [6, 6.07) is 1.33. The summed E-state index contributed by atoms with van der Waals surface area (Å²) in [6.07, 6.45) is 6.77. The summed E-state index contributed by atoms with van der Waals surface area (Å²) in [5, 5.41) is 0. The monoisotopic (exact) mass is 165 g/mol. The standard InChI is InChI=1S/C9H10FN2/c10-8-2-5-12-6-7(8)9(11)3-1-4-9/h2,5H,1,3-4,11H2. The van der Waals surface area contributed by atoms with Crippen LogP contribution < -0.4 is 5.73 Å². The van der Waals surface area contributed by atoms with E-state index in [1.807, 2.05) is 0 Å². The highest BCUT2D eigenvalue weighted by Crippen LogP contribution is 2.38. The SMILES string of the molecule is NC1(c2[c]nccc2F)CCC1. The zero-order valence-electron chi connectivity index (χ0n) is 6.68. The van der Waals surface area contributed by atoms with Crippen molar-refractivity contribution in [3.05, 3.63) is 29.8 Å². The second kappa shape index (κ2) is 2.52. The molecule has 0 aliphatic heterocycles.